The van der Waals surface area contributed by atoms with Crippen molar-refractivity contribution < 1.29 is 14.3 Å². The molecule has 152 valence electrons. The molecule has 6 heteroatoms. The molecule has 29 heavy (non-hydrogen) atoms. The van der Waals surface area contributed by atoms with Gasteiger partial charge in [-0.15, -0.1) is 0 Å². The number of amides is 1. The Morgan fingerprint density at radius 3 is 2.41 bits per heavy atom. The number of fused-ring (bicyclic) bond motifs is 1. The van der Waals surface area contributed by atoms with Crippen LogP contribution in [-0.2, 0) is 22.5 Å². The van der Waals surface area contributed by atoms with Crippen LogP contribution in [0.4, 0.5) is 5.69 Å². The van der Waals surface area contributed by atoms with Crippen molar-refractivity contribution in [3.05, 3.63) is 65.2 Å². The second-order valence-electron chi connectivity index (χ2n) is 7.60. The lowest BCUT2D eigenvalue weighted by molar-refractivity contribution is -0.132. The number of anilines is 1. The molecule has 2 aliphatic rings. The van der Waals surface area contributed by atoms with Crippen LogP contribution in [0.5, 0.6) is 0 Å². The van der Waals surface area contributed by atoms with E-state index in [9.17, 15) is 9.59 Å². The van der Waals surface area contributed by atoms with E-state index in [4.69, 9.17) is 4.74 Å². The molecule has 6 nitrogen and oxygen atoms in total. The number of carbonyl (C=O) groups is 2. The van der Waals surface area contributed by atoms with E-state index < -0.39 is 0 Å². The maximum atomic E-state index is 12.9. The van der Waals surface area contributed by atoms with Gasteiger partial charge >= 0.3 is 5.97 Å². The molecule has 2 aromatic carbocycles. The first-order valence-corrected chi connectivity index (χ1v) is 10.1. The van der Waals surface area contributed by atoms with Crippen LogP contribution in [0, 0.1) is 0 Å². The number of methoxy groups -OCH3 is 1. The van der Waals surface area contributed by atoms with Gasteiger partial charge in [-0.25, -0.2) is 4.79 Å². The lowest BCUT2D eigenvalue weighted by atomic mass is 9.95. The predicted octanol–water partition coefficient (Wildman–Crippen LogP) is 2.18. The summed E-state index contributed by atoms with van der Waals surface area (Å²) >= 11 is 0. The number of piperazine rings is 1. The first-order chi connectivity index (χ1) is 14.2. The predicted molar refractivity (Wildman–Crippen MR) is 112 cm³/mol. The minimum absolute atomic E-state index is 0.164. The van der Waals surface area contributed by atoms with Crippen molar-refractivity contribution >= 4 is 17.6 Å². The summed E-state index contributed by atoms with van der Waals surface area (Å²) in [5.41, 5.74) is 3.99. The molecular weight excluding hydrogens is 366 g/mol. The normalized spacial score (nSPS) is 17.0. The quantitative estimate of drug-likeness (QED) is 0.746. The number of esters is 1. The van der Waals surface area contributed by atoms with Gasteiger partial charge in [-0.1, -0.05) is 30.3 Å². The van der Waals surface area contributed by atoms with Crippen molar-refractivity contribution in [1.82, 2.24) is 9.80 Å². The lowest BCUT2D eigenvalue weighted by Gasteiger charge is -2.37. The molecule has 1 saturated heterocycles. The molecule has 0 bridgehead atoms. The van der Waals surface area contributed by atoms with Gasteiger partial charge < -0.3 is 14.5 Å². The van der Waals surface area contributed by atoms with E-state index >= 15 is 0 Å². The molecule has 0 radical (unpaired) electrons. The molecule has 0 N–H and O–H groups in total. The summed E-state index contributed by atoms with van der Waals surface area (Å²) in [6, 6.07) is 16.1. The van der Waals surface area contributed by atoms with Crippen molar-refractivity contribution in [2.24, 2.45) is 0 Å². The highest BCUT2D eigenvalue weighted by Gasteiger charge is 2.26. The van der Waals surface area contributed by atoms with Crippen molar-refractivity contribution in [3.8, 4) is 0 Å². The van der Waals surface area contributed by atoms with Gasteiger partial charge in [-0.05, 0) is 35.7 Å². The SMILES string of the molecule is COC(=O)c1cccc2c1CN(CC(=O)N1CCN(c3ccccc3)CC1)CC2. The van der Waals surface area contributed by atoms with E-state index in [1.54, 1.807) is 6.07 Å². The van der Waals surface area contributed by atoms with Crippen molar-refractivity contribution in [3.63, 3.8) is 0 Å². The van der Waals surface area contributed by atoms with Crippen LogP contribution in [0.15, 0.2) is 48.5 Å². The summed E-state index contributed by atoms with van der Waals surface area (Å²) in [6.07, 6.45) is 0.842. The van der Waals surface area contributed by atoms with Crippen LogP contribution in [0.25, 0.3) is 0 Å². The van der Waals surface area contributed by atoms with Crippen molar-refractivity contribution in [2.75, 3.05) is 51.3 Å². The average molecular weight is 393 g/mol. The highest BCUT2D eigenvalue weighted by Crippen LogP contribution is 2.23. The maximum absolute atomic E-state index is 12.9. The molecule has 0 spiro atoms. The minimum atomic E-state index is -0.313. The van der Waals surface area contributed by atoms with Crippen molar-refractivity contribution in [2.45, 2.75) is 13.0 Å². The van der Waals surface area contributed by atoms with E-state index in [-0.39, 0.29) is 11.9 Å². The van der Waals surface area contributed by atoms with Crippen LogP contribution in [0.2, 0.25) is 0 Å². The Balaban J connectivity index is 1.35. The summed E-state index contributed by atoms with van der Waals surface area (Å²) in [5, 5.41) is 0. The molecule has 0 aromatic heterocycles. The van der Waals surface area contributed by atoms with E-state index in [1.165, 1.54) is 18.4 Å². The van der Waals surface area contributed by atoms with Gasteiger partial charge in [0, 0.05) is 45.0 Å². The third-order valence-corrected chi connectivity index (χ3v) is 5.87. The molecule has 2 aromatic rings. The fourth-order valence-electron chi connectivity index (χ4n) is 4.22. The summed E-state index contributed by atoms with van der Waals surface area (Å²) < 4.78 is 4.92. The molecular formula is C23H27N3O3. The maximum Gasteiger partial charge on any atom is 0.338 e. The number of carbonyl (C=O) groups excluding carboxylic acids is 2. The standard InChI is InChI=1S/C23H27N3O3/c1-29-23(28)20-9-5-6-18-10-11-24(16-21(18)20)17-22(27)26-14-12-25(13-15-26)19-7-3-2-4-8-19/h2-9H,10-17H2,1H3. The fourth-order valence-corrected chi connectivity index (χ4v) is 4.22. The Bertz CT molecular complexity index is 876. The van der Waals surface area contributed by atoms with E-state index in [0.717, 1.165) is 44.7 Å². The number of para-hydroxylation sites is 1. The number of rotatable bonds is 4. The molecule has 0 aliphatic carbocycles. The monoisotopic (exact) mass is 393 g/mol. The Morgan fingerprint density at radius 2 is 1.69 bits per heavy atom. The average Bonchev–Trinajstić information content (AvgIpc) is 2.78. The van der Waals surface area contributed by atoms with Crippen molar-refractivity contribution in [1.29, 1.82) is 0 Å². The number of hydrogen-bond donors (Lipinski definition) is 0. The van der Waals surface area contributed by atoms with Crippen LogP contribution in [0.1, 0.15) is 21.5 Å². The molecule has 0 atom stereocenters. The van der Waals surface area contributed by atoms with Gasteiger partial charge in [0.25, 0.3) is 0 Å². The number of hydrogen-bond acceptors (Lipinski definition) is 5. The van der Waals surface area contributed by atoms with Gasteiger partial charge in [0.15, 0.2) is 0 Å². The van der Waals surface area contributed by atoms with Crippen LogP contribution < -0.4 is 4.90 Å². The van der Waals surface area contributed by atoms with E-state index in [1.807, 2.05) is 29.2 Å². The van der Waals surface area contributed by atoms with Gasteiger partial charge in [-0.3, -0.25) is 9.69 Å². The Morgan fingerprint density at radius 1 is 0.931 bits per heavy atom. The van der Waals surface area contributed by atoms with Gasteiger partial charge in [-0.2, -0.15) is 0 Å². The molecule has 4 rings (SSSR count). The molecule has 0 saturated carbocycles. The van der Waals surface area contributed by atoms with Gasteiger partial charge in [0.1, 0.15) is 0 Å². The van der Waals surface area contributed by atoms with Crippen LogP contribution >= 0.6 is 0 Å². The largest absolute Gasteiger partial charge is 0.465 e. The van der Waals surface area contributed by atoms with Gasteiger partial charge in [0.05, 0.1) is 19.2 Å². The van der Waals surface area contributed by atoms with E-state index in [2.05, 4.69) is 28.0 Å². The second-order valence-corrected chi connectivity index (χ2v) is 7.60. The first-order valence-electron chi connectivity index (χ1n) is 10.1. The Kier molecular flexibility index (Phi) is 5.81. The van der Waals surface area contributed by atoms with Gasteiger partial charge in [0.2, 0.25) is 5.91 Å². The highest BCUT2D eigenvalue weighted by molar-refractivity contribution is 5.91. The number of benzene rings is 2. The summed E-state index contributed by atoms with van der Waals surface area (Å²) in [6.45, 7) is 5.01. The zero-order chi connectivity index (χ0) is 20.2. The molecule has 1 fully saturated rings. The summed E-state index contributed by atoms with van der Waals surface area (Å²) in [4.78, 5) is 31.4. The number of nitrogens with zero attached hydrogens (tertiary/aromatic N) is 3. The minimum Gasteiger partial charge on any atom is -0.465 e. The zero-order valence-corrected chi connectivity index (χ0v) is 16.8. The summed E-state index contributed by atoms with van der Waals surface area (Å²) in [5.74, 6) is -0.149. The fraction of sp³-hybridized carbons (Fsp3) is 0.391. The third-order valence-electron chi connectivity index (χ3n) is 5.87. The lowest BCUT2D eigenvalue weighted by Crippen LogP contribution is -2.51. The second kappa shape index (κ2) is 8.66. The molecule has 2 heterocycles. The Hall–Kier alpha value is -2.86. The Labute approximate surface area is 171 Å². The highest BCUT2D eigenvalue weighted by atomic mass is 16.5. The zero-order valence-electron chi connectivity index (χ0n) is 16.8. The third kappa shape index (κ3) is 4.27. The van der Waals surface area contributed by atoms with E-state index in [0.29, 0.717) is 18.7 Å². The molecule has 0 unspecified atom stereocenters. The molecule has 1 amide bonds. The molecule has 2 aliphatic heterocycles. The van der Waals surface area contributed by atoms with Crippen LogP contribution in [0.3, 0.4) is 0 Å². The first kappa shape index (κ1) is 19.5. The number of ether oxygens (including phenoxy) is 1. The summed E-state index contributed by atoms with van der Waals surface area (Å²) in [7, 11) is 1.40. The topological polar surface area (TPSA) is 53.1 Å². The van der Waals surface area contributed by atoms with Crippen LogP contribution in [-0.4, -0.2) is 68.1 Å². The smallest absolute Gasteiger partial charge is 0.338 e.